The van der Waals surface area contributed by atoms with Gasteiger partial charge in [-0.25, -0.2) is 18.7 Å². The standard InChI is InChI=1S/C26H25F2N5O5/c1-37-20-6-4-16(14-21(20)38-2)26(36)33-11-7-17(8-12-33)31-25(35)22-23(30-10-9-29-22)32-24(34)15-3-5-18(27)19(28)13-15/h3-6,9-10,13-14,17H,7-8,11-12H2,1-2H3,(H,31,35)(H,30,32,34). The minimum absolute atomic E-state index is 0.124. The molecule has 0 bridgehead atoms. The van der Waals surface area contributed by atoms with Crippen molar-refractivity contribution in [2.45, 2.75) is 18.9 Å². The van der Waals surface area contributed by atoms with Gasteiger partial charge in [0.15, 0.2) is 34.6 Å². The number of aromatic nitrogens is 2. The maximum absolute atomic E-state index is 13.5. The lowest BCUT2D eigenvalue weighted by atomic mass is 10.0. The fraction of sp³-hybridized carbons (Fsp3) is 0.269. The third-order valence-electron chi connectivity index (χ3n) is 6.07. The number of ether oxygens (including phenoxy) is 2. The number of anilines is 1. The summed E-state index contributed by atoms with van der Waals surface area (Å²) in [6.07, 6.45) is 3.59. The van der Waals surface area contributed by atoms with Gasteiger partial charge in [-0.1, -0.05) is 0 Å². The van der Waals surface area contributed by atoms with E-state index in [0.29, 0.717) is 43.0 Å². The predicted octanol–water partition coefficient (Wildman–Crippen LogP) is 3.06. The van der Waals surface area contributed by atoms with Gasteiger partial charge in [0.1, 0.15) is 0 Å². The second-order valence-electron chi connectivity index (χ2n) is 8.45. The number of nitrogens with zero attached hydrogens (tertiary/aromatic N) is 3. The molecule has 3 aromatic rings. The summed E-state index contributed by atoms with van der Waals surface area (Å²) >= 11 is 0. The Kier molecular flexibility index (Phi) is 8.09. The normalized spacial score (nSPS) is 13.5. The average Bonchev–Trinajstić information content (AvgIpc) is 2.94. The zero-order chi connectivity index (χ0) is 27.2. The third-order valence-corrected chi connectivity index (χ3v) is 6.07. The maximum Gasteiger partial charge on any atom is 0.273 e. The summed E-state index contributed by atoms with van der Waals surface area (Å²) in [4.78, 5) is 48.1. The Hall–Kier alpha value is -4.61. The molecule has 10 nitrogen and oxygen atoms in total. The molecule has 2 N–H and O–H groups in total. The molecule has 2 aromatic carbocycles. The van der Waals surface area contributed by atoms with Crippen molar-refractivity contribution in [3.8, 4) is 11.5 Å². The van der Waals surface area contributed by atoms with Gasteiger partial charge >= 0.3 is 0 Å². The van der Waals surface area contributed by atoms with Gasteiger partial charge < -0.3 is 25.0 Å². The fourth-order valence-corrected chi connectivity index (χ4v) is 4.05. The highest BCUT2D eigenvalue weighted by molar-refractivity contribution is 6.07. The number of rotatable bonds is 7. The fourth-order valence-electron chi connectivity index (χ4n) is 4.05. The van der Waals surface area contributed by atoms with E-state index in [0.717, 1.165) is 18.2 Å². The number of benzene rings is 2. The molecule has 0 aliphatic carbocycles. The lowest BCUT2D eigenvalue weighted by Crippen LogP contribution is -2.46. The predicted molar refractivity (Wildman–Crippen MR) is 132 cm³/mol. The molecule has 12 heteroatoms. The van der Waals surface area contributed by atoms with Crippen LogP contribution in [0.15, 0.2) is 48.8 Å². The Morgan fingerprint density at radius 1 is 0.868 bits per heavy atom. The monoisotopic (exact) mass is 525 g/mol. The van der Waals surface area contributed by atoms with Gasteiger partial charge in [0, 0.05) is 42.7 Å². The number of carbonyl (C=O) groups excluding carboxylic acids is 3. The zero-order valence-electron chi connectivity index (χ0n) is 20.7. The molecule has 0 atom stereocenters. The highest BCUT2D eigenvalue weighted by Crippen LogP contribution is 2.28. The molecule has 38 heavy (non-hydrogen) atoms. The lowest BCUT2D eigenvalue weighted by Gasteiger charge is -2.32. The van der Waals surface area contributed by atoms with E-state index in [-0.39, 0.29) is 29.0 Å². The summed E-state index contributed by atoms with van der Waals surface area (Å²) in [5.74, 6) is -2.91. The molecule has 1 aromatic heterocycles. The number of nitrogens with one attached hydrogen (secondary N) is 2. The molecule has 4 rings (SSSR count). The number of halogens is 2. The highest BCUT2D eigenvalue weighted by atomic mass is 19.2. The highest BCUT2D eigenvalue weighted by Gasteiger charge is 2.27. The van der Waals surface area contributed by atoms with Crippen molar-refractivity contribution in [2.75, 3.05) is 32.6 Å². The van der Waals surface area contributed by atoms with Crippen molar-refractivity contribution < 1.29 is 32.6 Å². The van der Waals surface area contributed by atoms with Crippen LogP contribution >= 0.6 is 0 Å². The van der Waals surface area contributed by atoms with Gasteiger partial charge in [-0.05, 0) is 49.2 Å². The van der Waals surface area contributed by atoms with Gasteiger partial charge in [0.25, 0.3) is 17.7 Å². The van der Waals surface area contributed by atoms with Crippen molar-refractivity contribution in [1.29, 1.82) is 0 Å². The molecule has 1 aliphatic rings. The van der Waals surface area contributed by atoms with Crippen molar-refractivity contribution in [2.24, 2.45) is 0 Å². The van der Waals surface area contributed by atoms with E-state index in [4.69, 9.17) is 9.47 Å². The Morgan fingerprint density at radius 3 is 2.24 bits per heavy atom. The van der Waals surface area contributed by atoms with Crippen LogP contribution in [0, 0.1) is 11.6 Å². The van der Waals surface area contributed by atoms with Crippen molar-refractivity contribution in [1.82, 2.24) is 20.2 Å². The molecule has 198 valence electrons. The summed E-state index contributed by atoms with van der Waals surface area (Å²) in [5.41, 5.74) is 0.186. The van der Waals surface area contributed by atoms with Crippen LogP contribution in [0.3, 0.4) is 0 Å². The number of amides is 3. The summed E-state index contributed by atoms with van der Waals surface area (Å²) in [7, 11) is 3.01. The second-order valence-corrected chi connectivity index (χ2v) is 8.45. The van der Waals surface area contributed by atoms with Crippen molar-refractivity contribution in [3.63, 3.8) is 0 Å². The molecule has 1 fully saturated rings. The summed E-state index contributed by atoms with van der Waals surface area (Å²) in [6.45, 7) is 0.830. The zero-order valence-corrected chi connectivity index (χ0v) is 20.7. The van der Waals surface area contributed by atoms with E-state index in [1.807, 2.05) is 0 Å². The van der Waals surface area contributed by atoms with E-state index < -0.39 is 23.4 Å². The second kappa shape index (κ2) is 11.6. The largest absolute Gasteiger partial charge is 0.493 e. The SMILES string of the molecule is COc1ccc(C(=O)N2CCC(NC(=O)c3nccnc3NC(=O)c3ccc(F)c(F)c3)CC2)cc1OC. The van der Waals surface area contributed by atoms with E-state index in [2.05, 4.69) is 20.6 Å². The summed E-state index contributed by atoms with van der Waals surface area (Å²) < 4.78 is 37.2. The minimum Gasteiger partial charge on any atom is -0.493 e. The molecule has 0 saturated carbocycles. The molecule has 1 aliphatic heterocycles. The molecule has 0 unspecified atom stereocenters. The molecular weight excluding hydrogens is 500 g/mol. The maximum atomic E-state index is 13.5. The minimum atomic E-state index is -1.18. The lowest BCUT2D eigenvalue weighted by molar-refractivity contribution is 0.0697. The van der Waals surface area contributed by atoms with Crippen molar-refractivity contribution in [3.05, 3.63) is 77.2 Å². The van der Waals surface area contributed by atoms with E-state index in [9.17, 15) is 23.2 Å². The van der Waals surface area contributed by atoms with Gasteiger partial charge in [-0.2, -0.15) is 0 Å². The van der Waals surface area contributed by atoms with E-state index >= 15 is 0 Å². The summed E-state index contributed by atoms with van der Waals surface area (Å²) in [5, 5.41) is 5.28. The Morgan fingerprint density at radius 2 is 1.55 bits per heavy atom. The number of hydrogen-bond donors (Lipinski definition) is 2. The van der Waals surface area contributed by atoms with Crippen LogP contribution in [0.2, 0.25) is 0 Å². The molecule has 0 radical (unpaired) electrons. The number of carbonyl (C=O) groups is 3. The van der Waals surface area contributed by atoms with Crippen LogP contribution < -0.4 is 20.1 Å². The molecule has 3 amide bonds. The van der Waals surface area contributed by atoms with Gasteiger partial charge in [0.2, 0.25) is 0 Å². The number of methoxy groups -OCH3 is 2. The first-order chi connectivity index (χ1) is 18.3. The van der Waals surface area contributed by atoms with Gasteiger partial charge in [-0.3, -0.25) is 14.4 Å². The Balaban J connectivity index is 1.36. The average molecular weight is 526 g/mol. The van der Waals surface area contributed by atoms with Crippen LogP contribution in [0.25, 0.3) is 0 Å². The van der Waals surface area contributed by atoms with Crippen LogP contribution in [0.4, 0.5) is 14.6 Å². The van der Waals surface area contributed by atoms with Crippen LogP contribution in [0.1, 0.15) is 44.0 Å². The van der Waals surface area contributed by atoms with Gasteiger partial charge in [-0.15, -0.1) is 0 Å². The van der Waals surface area contributed by atoms with Crippen LogP contribution in [0.5, 0.6) is 11.5 Å². The quantitative estimate of drug-likeness (QED) is 0.486. The van der Waals surface area contributed by atoms with Crippen LogP contribution in [-0.4, -0.2) is 65.9 Å². The third kappa shape index (κ3) is 5.85. The molecule has 1 saturated heterocycles. The van der Waals surface area contributed by atoms with Crippen molar-refractivity contribution >= 4 is 23.5 Å². The Bertz CT molecular complexity index is 1360. The van der Waals surface area contributed by atoms with E-state index in [1.54, 1.807) is 23.1 Å². The first-order valence-electron chi connectivity index (χ1n) is 11.7. The van der Waals surface area contributed by atoms with Gasteiger partial charge in [0.05, 0.1) is 14.2 Å². The van der Waals surface area contributed by atoms with Crippen LogP contribution in [-0.2, 0) is 0 Å². The number of hydrogen-bond acceptors (Lipinski definition) is 7. The topological polar surface area (TPSA) is 123 Å². The summed E-state index contributed by atoms with van der Waals surface area (Å²) in [6, 6.07) is 7.41. The molecular formula is C26H25F2N5O5. The number of likely N-dealkylation sites (tertiary alicyclic amines) is 1. The first-order valence-corrected chi connectivity index (χ1v) is 11.7. The smallest absolute Gasteiger partial charge is 0.273 e. The Labute approximate surface area is 217 Å². The molecule has 2 heterocycles. The molecule has 0 spiro atoms. The van der Waals surface area contributed by atoms with E-state index in [1.165, 1.54) is 26.6 Å². The first kappa shape index (κ1) is 26.5. The number of piperidine rings is 1.